The SMILES string of the molecule is CCO[P@]1(=O)Cc2ccc(c(OC)c2)Nc2ncc(C(F)(F)F)c(n2)Nc2ccc(nc2C(=O)NC)-c2cn(nc2C#N)CCCO1. The standard InChI is InChI=1S/C29H29F3N9O5P/c1-4-45-47(43)16-17-6-7-21(24(12-17)44-3)38-28-35-14-19(29(30,31)32)26(39-28)37-22-9-8-20(36-25(22)27(42)34-2)18-15-41(10-5-11-46-47)40-23(18)13-33/h6-9,12,14-15H,4-5,10-11,16H2,1-3H3,(H,34,42)(H2,35,37,38,39)/t47-/m1/s1. The molecule has 1 aromatic carbocycles. The van der Waals surface area contributed by atoms with Gasteiger partial charge in [0.15, 0.2) is 11.4 Å². The van der Waals surface area contributed by atoms with Crippen molar-refractivity contribution in [3.63, 3.8) is 0 Å². The zero-order chi connectivity index (χ0) is 33.8. The largest absolute Gasteiger partial charge is 0.495 e. The molecular weight excluding hydrogens is 642 g/mol. The molecule has 0 radical (unpaired) electrons. The quantitative estimate of drug-likeness (QED) is 0.228. The molecule has 0 unspecified atom stereocenters. The van der Waals surface area contributed by atoms with Crippen LogP contribution in [0.15, 0.2) is 42.7 Å². The van der Waals surface area contributed by atoms with E-state index in [2.05, 4.69) is 36.0 Å². The first-order chi connectivity index (χ1) is 22.5. The zero-order valence-electron chi connectivity index (χ0n) is 25.4. The minimum absolute atomic E-state index is 0.00319. The molecule has 14 nitrogen and oxygen atoms in total. The van der Waals surface area contributed by atoms with Gasteiger partial charge in [0.1, 0.15) is 23.2 Å². The predicted molar refractivity (Wildman–Crippen MR) is 164 cm³/mol. The van der Waals surface area contributed by atoms with Crippen LogP contribution in [0.2, 0.25) is 0 Å². The van der Waals surface area contributed by atoms with E-state index in [1.807, 2.05) is 6.07 Å². The number of benzene rings is 1. The second-order valence-electron chi connectivity index (χ2n) is 10.0. The van der Waals surface area contributed by atoms with Crippen molar-refractivity contribution in [2.75, 3.05) is 38.0 Å². The maximum Gasteiger partial charge on any atom is 0.421 e. The molecule has 3 N–H and O–H groups in total. The van der Waals surface area contributed by atoms with E-state index >= 15 is 0 Å². The number of hydrogen-bond donors (Lipinski definition) is 3. The average Bonchev–Trinajstić information content (AvgIpc) is 3.46. The molecule has 8 bridgehead atoms. The molecule has 4 aliphatic rings. The fraction of sp³-hybridized carbons (Fsp3) is 0.310. The van der Waals surface area contributed by atoms with E-state index in [4.69, 9.17) is 13.8 Å². The number of anilines is 4. The lowest BCUT2D eigenvalue weighted by Gasteiger charge is -2.19. The normalized spacial score (nSPS) is 16.6. The Morgan fingerprint density at radius 3 is 2.70 bits per heavy atom. The van der Waals surface area contributed by atoms with Crippen LogP contribution in [0.25, 0.3) is 11.3 Å². The minimum atomic E-state index is -4.86. The van der Waals surface area contributed by atoms with Crippen molar-refractivity contribution in [1.29, 1.82) is 5.26 Å². The lowest BCUT2D eigenvalue weighted by atomic mass is 10.1. The van der Waals surface area contributed by atoms with Gasteiger partial charge in [0.25, 0.3) is 5.91 Å². The number of rotatable bonds is 4. The Morgan fingerprint density at radius 1 is 1.21 bits per heavy atom. The number of carbonyl (C=O) groups is 1. The molecule has 0 spiro atoms. The Hall–Kier alpha value is -5.04. The highest BCUT2D eigenvalue weighted by atomic mass is 31.2. The lowest BCUT2D eigenvalue weighted by molar-refractivity contribution is -0.137. The van der Waals surface area contributed by atoms with Crippen molar-refractivity contribution >= 4 is 36.6 Å². The second kappa shape index (κ2) is 13.8. The molecule has 0 aliphatic carbocycles. The summed E-state index contributed by atoms with van der Waals surface area (Å²) in [6, 6.07) is 9.57. The maximum atomic E-state index is 14.1. The summed E-state index contributed by atoms with van der Waals surface area (Å²) in [5.41, 5.74) is -0.235. The maximum absolute atomic E-state index is 14.1. The van der Waals surface area contributed by atoms with E-state index in [1.165, 1.54) is 31.0 Å². The van der Waals surface area contributed by atoms with Gasteiger partial charge in [-0.1, -0.05) is 6.07 Å². The number of halogens is 3. The molecule has 246 valence electrons. The number of alkyl halides is 3. The van der Waals surface area contributed by atoms with Crippen molar-refractivity contribution in [1.82, 2.24) is 30.0 Å². The molecule has 1 atom stereocenters. The number of ether oxygens (including phenoxy) is 1. The Labute approximate surface area is 266 Å². The number of nitriles is 1. The fourth-order valence-corrected chi connectivity index (χ4v) is 6.42. The van der Waals surface area contributed by atoms with Gasteiger partial charge in [-0.25, -0.2) is 9.97 Å². The summed E-state index contributed by atoms with van der Waals surface area (Å²) < 4.78 is 74.1. The molecule has 4 aliphatic heterocycles. The molecule has 7 heterocycles. The summed E-state index contributed by atoms with van der Waals surface area (Å²) in [5, 5.41) is 21.9. The van der Waals surface area contributed by atoms with Crippen molar-refractivity contribution < 1.29 is 36.3 Å². The zero-order valence-corrected chi connectivity index (χ0v) is 26.3. The number of nitrogens with zero attached hydrogens (tertiary/aromatic N) is 6. The number of pyridine rings is 1. The van der Waals surface area contributed by atoms with E-state index in [0.29, 0.717) is 23.9 Å². The molecule has 1 amide bonds. The first-order valence-electron chi connectivity index (χ1n) is 14.2. The second-order valence-corrected chi connectivity index (χ2v) is 12.1. The van der Waals surface area contributed by atoms with Gasteiger partial charge in [0.2, 0.25) is 5.95 Å². The van der Waals surface area contributed by atoms with E-state index in [1.54, 1.807) is 31.3 Å². The number of aromatic nitrogens is 5. The minimum Gasteiger partial charge on any atom is -0.495 e. The third kappa shape index (κ3) is 7.51. The van der Waals surface area contributed by atoms with Crippen molar-refractivity contribution in [2.45, 2.75) is 32.2 Å². The summed E-state index contributed by atoms with van der Waals surface area (Å²) in [4.78, 5) is 25.2. The van der Waals surface area contributed by atoms with Crippen LogP contribution in [-0.4, -0.2) is 58.0 Å². The average molecular weight is 672 g/mol. The highest BCUT2D eigenvalue weighted by Crippen LogP contribution is 2.52. The number of amides is 1. The molecule has 8 rings (SSSR count). The molecule has 0 fully saturated rings. The van der Waals surface area contributed by atoms with Crippen LogP contribution in [0.3, 0.4) is 0 Å². The van der Waals surface area contributed by atoms with Crippen molar-refractivity contribution in [3.05, 3.63) is 65.2 Å². The molecule has 18 heteroatoms. The molecule has 47 heavy (non-hydrogen) atoms. The third-order valence-electron chi connectivity index (χ3n) is 6.86. The van der Waals surface area contributed by atoms with Gasteiger partial charge >= 0.3 is 13.8 Å². The van der Waals surface area contributed by atoms with Gasteiger partial charge in [-0.05, 0) is 43.2 Å². The summed E-state index contributed by atoms with van der Waals surface area (Å²) in [6.07, 6.45) is -2.44. The molecule has 4 aromatic rings. The van der Waals surface area contributed by atoms with Gasteiger partial charge in [-0.2, -0.15) is 28.5 Å². The fourth-order valence-electron chi connectivity index (χ4n) is 4.72. The number of carbonyl (C=O) groups excluding carboxylic acids is 1. The van der Waals surface area contributed by atoms with E-state index in [9.17, 15) is 27.8 Å². The van der Waals surface area contributed by atoms with Gasteiger partial charge in [0.05, 0.1) is 49.1 Å². The van der Waals surface area contributed by atoms with Crippen LogP contribution >= 0.6 is 7.60 Å². The number of aryl methyl sites for hydroxylation is 1. The van der Waals surface area contributed by atoms with E-state index in [0.717, 1.165) is 0 Å². The van der Waals surface area contributed by atoms with Gasteiger partial charge < -0.3 is 29.7 Å². The smallest absolute Gasteiger partial charge is 0.421 e. The first kappa shape index (κ1) is 33.3. The van der Waals surface area contributed by atoms with Crippen LogP contribution < -0.4 is 20.7 Å². The van der Waals surface area contributed by atoms with Crippen LogP contribution in [0.1, 0.15) is 40.7 Å². The highest BCUT2D eigenvalue weighted by Gasteiger charge is 2.36. The van der Waals surface area contributed by atoms with Crippen LogP contribution in [-0.2, 0) is 32.5 Å². The van der Waals surface area contributed by atoms with E-state index < -0.39 is 31.1 Å². The Balaban J connectivity index is 1.66. The third-order valence-corrected chi connectivity index (χ3v) is 8.84. The summed E-state index contributed by atoms with van der Waals surface area (Å²) in [5.74, 6) is -1.34. The molecule has 0 saturated heterocycles. The highest BCUT2D eigenvalue weighted by molar-refractivity contribution is 7.53. The molecular formula is C29H29F3N9O5P. The van der Waals surface area contributed by atoms with Crippen LogP contribution in [0.4, 0.5) is 36.3 Å². The van der Waals surface area contributed by atoms with Gasteiger partial charge in [0, 0.05) is 26.0 Å². The van der Waals surface area contributed by atoms with E-state index in [-0.39, 0.29) is 66.0 Å². The van der Waals surface area contributed by atoms with Crippen molar-refractivity contribution in [3.8, 4) is 23.1 Å². The first-order valence-corrected chi connectivity index (χ1v) is 15.9. The molecule has 3 aromatic heterocycles. The summed E-state index contributed by atoms with van der Waals surface area (Å²) in [6.45, 7) is 2.15. The number of methoxy groups -OCH3 is 1. The summed E-state index contributed by atoms with van der Waals surface area (Å²) in [7, 11) is -0.885. The van der Waals surface area contributed by atoms with Crippen molar-refractivity contribution in [2.24, 2.45) is 0 Å². The molecule has 0 saturated carbocycles. The Bertz CT molecular complexity index is 1890. The monoisotopic (exact) mass is 671 g/mol. The topological polar surface area (TPSA) is 178 Å². The van der Waals surface area contributed by atoms with Gasteiger partial charge in [-0.15, -0.1) is 0 Å². The Kier molecular flexibility index (Phi) is 9.75. The number of hydrogen-bond acceptors (Lipinski definition) is 12. The van der Waals surface area contributed by atoms with Crippen LogP contribution in [0, 0.1) is 11.3 Å². The summed E-state index contributed by atoms with van der Waals surface area (Å²) >= 11 is 0. The number of nitrogens with one attached hydrogen (secondary N) is 3. The Morgan fingerprint density at radius 2 is 2.00 bits per heavy atom. The van der Waals surface area contributed by atoms with Gasteiger partial charge in [-0.3, -0.25) is 14.0 Å². The lowest BCUT2D eigenvalue weighted by Crippen LogP contribution is -2.21. The van der Waals surface area contributed by atoms with Crippen LogP contribution in [0.5, 0.6) is 5.75 Å². The predicted octanol–water partition coefficient (Wildman–Crippen LogP) is 5.63.